The summed E-state index contributed by atoms with van der Waals surface area (Å²) in [5.74, 6) is -1.07. The number of rotatable bonds is 8. The molecule has 0 unspecified atom stereocenters. The van der Waals surface area contributed by atoms with Crippen LogP contribution in [0.3, 0.4) is 0 Å². The van der Waals surface area contributed by atoms with E-state index >= 15 is 0 Å². The highest BCUT2D eigenvalue weighted by atomic mass is 32.2. The summed E-state index contributed by atoms with van der Waals surface area (Å²) in [5, 5.41) is 2.44. The van der Waals surface area contributed by atoms with Crippen molar-refractivity contribution in [3.8, 4) is 0 Å². The maximum Gasteiger partial charge on any atom is 0.255 e. The highest BCUT2D eigenvalue weighted by Crippen LogP contribution is 2.15. The van der Waals surface area contributed by atoms with Gasteiger partial charge in [-0.1, -0.05) is 12.1 Å². The number of hydrogen-bond donors (Lipinski definition) is 2. The van der Waals surface area contributed by atoms with Crippen LogP contribution in [0.15, 0.2) is 53.4 Å². The van der Waals surface area contributed by atoms with E-state index in [0.29, 0.717) is 13.0 Å². The lowest BCUT2D eigenvalue weighted by Gasteiger charge is -2.08. The Balaban J connectivity index is 2.03. The molecule has 134 valence electrons. The number of carbonyl (C=O) groups excluding carboxylic acids is 1. The molecule has 0 aliphatic rings. The molecule has 0 atom stereocenters. The minimum Gasteiger partial charge on any atom is -0.385 e. The number of para-hydroxylation sites is 1. The Labute approximate surface area is 146 Å². The minimum absolute atomic E-state index is 0.0485. The van der Waals surface area contributed by atoms with Gasteiger partial charge in [0, 0.05) is 25.8 Å². The second kappa shape index (κ2) is 8.70. The first-order chi connectivity index (χ1) is 11.9. The number of carbonyl (C=O) groups is 1. The van der Waals surface area contributed by atoms with E-state index < -0.39 is 21.7 Å². The predicted octanol–water partition coefficient (Wildman–Crippen LogP) is 2.39. The summed E-state index contributed by atoms with van der Waals surface area (Å²) >= 11 is 0. The Kier molecular flexibility index (Phi) is 6.63. The molecule has 0 aliphatic heterocycles. The average Bonchev–Trinajstić information content (AvgIpc) is 2.61. The molecule has 0 aromatic heterocycles. The largest absolute Gasteiger partial charge is 0.385 e. The van der Waals surface area contributed by atoms with E-state index in [1.54, 1.807) is 13.2 Å². The number of methoxy groups -OCH3 is 1. The zero-order chi connectivity index (χ0) is 18.3. The Morgan fingerprint density at radius 3 is 2.44 bits per heavy atom. The topological polar surface area (TPSA) is 84.5 Å². The van der Waals surface area contributed by atoms with E-state index in [4.69, 9.17) is 4.74 Å². The van der Waals surface area contributed by atoms with Gasteiger partial charge in [-0.3, -0.25) is 4.79 Å². The molecule has 0 saturated carbocycles. The molecular weight excluding hydrogens is 347 g/mol. The maximum atomic E-state index is 13.5. The second-order valence-electron chi connectivity index (χ2n) is 5.20. The molecule has 6 nitrogen and oxygen atoms in total. The van der Waals surface area contributed by atoms with Crippen molar-refractivity contribution < 1.29 is 22.3 Å². The van der Waals surface area contributed by atoms with E-state index in [1.807, 2.05) is 0 Å². The quantitative estimate of drug-likeness (QED) is 0.703. The standard InChI is InChI=1S/C17H19FN2O4S/c1-24-12-4-11-19-25(22,23)14-9-7-13(8-10-14)17(21)20-16-6-3-2-5-15(16)18/h2-3,5-10,19H,4,11-12H2,1H3,(H,20,21). The summed E-state index contributed by atoms with van der Waals surface area (Å²) in [6, 6.07) is 11.2. The molecule has 2 rings (SSSR count). The highest BCUT2D eigenvalue weighted by Gasteiger charge is 2.15. The van der Waals surface area contributed by atoms with Gasteiger partial charge in [0.1, 0.15) is 5.82 Å². The van der Waals surface area contributed by atoms with Crippen LogP contribution in [0.25, 0.3) is 0 Å². The summed E-state index contributed by atoms with van der Waals surface area (Å²) < 4.78 is 45.1. The fourth-order valence-corrected chi connectivity index (χ4v) is 3.12. The fourth-order valence-electron chi connectivity index (χ4n) is 2.05. The molecule has 0 fully saturated rings. The van der Waals surface area contributed by atoms with Gasteiger partial charge in [0.15, 0.2) is 0 Å². The fraction of sp³-hybridized carbons (Fsp3) is 0.235. The Hall–Kier alpha value is -2.29. The predicted molar refractivity (Wildman–Crippen MR) is 92.5 cm³/mol. The third-order valence-corrected chi connectivity index (χ3v) is 4.84. The van der Waals surface area contributed by atoms with Crippen LogP contribution in [0.2, 0.25) is 0 Å². The van der Waals surface area contributed by atoms with Crippen molar-refractivity contribution in [3.05, 3.63) is 59.9 Å². The Bertz CT molecular complexity index is 823. The van der Waals surface area contributed by atoms with E-state index in [1.165, 1.54) is 42.5 Å². The van der Waals surface area contributed by atoms with Gasteiger partial charge in [-0.15, -0.1) is 0 Å². The first-order valence-electron chi connectivity index (χ1n) is 7.58. The number of ether oxygens (including phenoxy) is 1. The van der Waals surface area contributed by atoms with Gasteiger partial charge in [0.25, 0.3) is 5.91 Å². The van der Waals surface area contributed by atoms with Crippen molar-refractivity contribution in [2.45, 2.75) is 11.3 Å². The van der Waals surface area contributed by atoms with Crippen LogP contribution in [-0.4, -0.2) is 34.6 Å². The van der Waals surface area contributed by atoms with Crippen molar-refractivity contribution in [1.82, 2.24) is 4.72 Å². The van der Waals surface area contributed by atoms with Gasteiger partial charge < -0.3 is 10.1 Å². The van der Waals surface area contributed by atoms with E-state index in [2.05, 4.69) is 10.0 Å². The molecule has 2 aromatic carbocycles. The van der Waals surface area contributed by atoms with Crippen LogP contribution in [0.4, 0.5) is 10.1 Å². The number of amides is 1. The van der Waals surface area contributed by atoms with Crippen molar-refractivity contribution >= 4 is 21.6 Å². The molecule has 0 heterocycles. The summed E-state index contributed by atoms with van der Waals surface area (Å²) in [7, 11) is -2.10. The zero-order valence-corrected chi connectivity index (χ0v) is 14.5. The van der Waals surface area contributed by atoms with Crippen LogP contribution in [0, 0.1) is 5.82 Å². The van der Waals surface area contributed by atoms with Gasteiger partial charge in [-0.2, -0.15) is 0 Å². The highest BCUT2D eigenvalue weighted by molar-refractivity contribution is 7.89. The average molecular weight is 366 g/mol. The second-order valence-corrected chi connectivity index (χ2v) is 6.97. The smallest absolute Gasteiger partial charge is 0.255 e. The third-order valence-electron chi connectivity index (χ3n) is 3.37. The molecule has 25 heavy (non-hydrogen) atoms. The molecule has 0 saturated heterocycles. The number of benzene rings is 2. The van der Waals surface area contributed by atoms with Crippen molar-refractivity contribution in [2.75, 3.05) is 25.6 Å². The number of hydrogen-bond acceptors (Lipinski definition) is 4. The van der Waals surface area contributed by atoms with Crippen molar-refractivity contribution in [3.63, 3.8) is 0 Å². The number of nitrogens with one attached hydrogen (secondary N) is 2. The molecule has 8 heteroatoms. The molecule has 0 bridgehead atoms. The monoisotopic (exact) mass is 366 g/mol. The first-order valence-corrected chi connectivity index (χ1v) is 9.07. The lowest BCUT2D eigenvalue weighted by Crippen LogP contribution is -2.25. The maximum absolute atomic E-state index is 13.5. The van der Waals surface area contributed by atoms with Gasteiger partial charge in [0.2, 0.25) is 10.0 Å². The van der Waals surface area contributed by atoms with Crippen LogP contribution in [0.5, 0.6) is 0 Å². The van der Waals surface area contributed by atoms with Crippen molar-refractivity contribution in [2.24, 2.45) is 0 Å². The van der Waals surface area contributed by atoms with E-state index in [0.717, 1.165) is 0 Å². The first kappa shape index (κ1) is 19.0. The number of halogens is 1. The lowest BCUT2D eigenvalue weighted by molar-refractivity contribution is 0.102. The number of anilines is 1. The lowest BCUT2D eigenvalue weighted by atomic mass is 10.2. The molecule has 1 amide bonds. The molecule has 0 aliphatic carbocycles. The van der Waals surface area contributed by atoms with Crippen LogP contribution >= 0.6 is 0 Å². The molecule has 2 aromatic rings. The van der Waals surface area contributed by atoms with Crippen LogP contribution in [0.1, 0.15) is 16.8 Å². The van der Waals surface area contributed by atoms with E-state index in [9.17, 15) is 17.6 Å². The number of sulfonamides is 1. The normalized spacial score (nSPS) is 11.3. The summed E-state index contributed by atoms with van der Waals surface area (Å²) in [6.45, 7) is 0.712. The zero-order valence-electron chi connectivity index (χ0n) is 13.7. The Morgan fingerprint density at radius 1 is 1.12 bits per heavy atom. The van der Waals surface area contributed by atoms with Crippen molar-refractivity contribution in [1.29, 1.82) is 0 Å². The van der Waals surface area contributed by atoms with Crippen LogP contribution < -0.4 is 10.0 Å². The summed E-state index contributed by atoms with van der Waals surface area (Å²) in [6.07, 6.45) is 0.554. The third kappa shape index (κ3) is 5.35. The molecule has 0 spiro atoms. The molecular formula is C17H19FN2O4S. The van der Waals surface area contributed by atoms with Gasteiger partial charge >= 0.3 is 0 Å². The summed E-state index contributed by atoms with van der Waals surface area (Å²) in [5.41, 5.74) is 0.283. The minimum atomic E-state index is -3.65. The van der Waals surface area contributed by atoms with Crippen LogP contribution in [-0.2, 0) is 14.8 Å². The molecule has 2 N–H and O–H groups in total. The Morgan fingerprint density at radius 2 is 1.80 bits per heavy atom. The summed E-state index contributed by atoms with van der Waals surface area (Å²) in [4.78, 5) is 12.2. The van der Waals surface area contributed by atoms with Gasteiger partial charge in [-0.25, -0.2) is 17.5 Å². The van der Waals surface area contributed by atoms with Gasteiger partial charge in [0.05, 0.1) is 10.6 Å². The SMILES string of the molecule is COCCCNS(=O)(=O)c1ccc(C(=O)Nc2ccccc2F)cc1. The molecule has 0 radical (unpaired) electrons. The van der Waals surface area contributed by atoms with Gasteiger partial charge in [-0.05, 0) is 42.8 Å². The van der Waals surface area contributed by atoms with E-state index in [-0.39, 0.29) is 22.7 Å².